The summed E-state index contributed by atoms with van der Waals surface area (Å²) >= 11 is 0. The number of aliphatic hydroxyl groups excluding tert-OH is 1. The number of hydrogen-bond donors (Lipinski definition) is 1. The number of rotatable bonds is 6. The van der Waals surface area contributed by atoms with E-state index in [4.69, 9.17) is 5.11 Å². The molecule has 0 bridgehead atoms. The second-order valence-corrected chi connectivity index (χ2v) is 2.00. The van der Waals surface area contributed by atoms with Crippen molar-refractivity contribution < 1.29 is 27.8 Å². The molecule has 0 aliphatic heterocycles. The van der Waals surface area contributed by atoms with E-state index in [-0.39, 0.29) is 26.4 Å². The Morgan fingerprint density at radius 2 is 1.58 bits per heavy atom. The van der Waals surface area contributed by atoms with E-state index in [2.05, 4.69) is 9.47 Å². The van der Waals surface area contributed by atoms with E-state index >= 15 is 0 Å². The van der Waals surface area contributed by atoms with Gasteiger partial charge in [0.15, 0.2) is 0 Å². The van der Waals surface area contributed by atoms with Gasteiger partial charge in [0.25, 0.3) is 0 Å². The number of aliphatic hydroxyl groups is 1. The van der Waals surface area contributed by atoms with Gasteiger partial charge in [-0.3, -0.25) is 0 Å². The van der Waals surface area contributed by atoms with Gasteiger partial charge in [0.1, 0.15) is 6.61 Å². The molecule has 74 valence electrons. The van der Waals surface area contributed by atoms with Crippen molar-refractivity contribution in [3.8, 4) is 0 Å². The third-order valence-electron chi connectivity index (χ3n) is 0.873. The lowest BCUT2D eigenvalue weighted by Gasteiger charge is -2.07. The second kappa shape index (κ2) is 6.22. The van der Waals surface area contributed by atoms with Crippen molar-refractivity contribution >= 4 is 0 Å². The predicted molar refractivity (Wildman–Crippen MR) is 34.8 cm³/mol. The summed E-state index contributed by atoms with van der Waals surface area (Å²) in [6.07, 6.45) is -4.28. The van der Waals surface area contributed by atoms with Gasteiger partial charge in [-0.25, -0.2) is 0 Å². The third kappa shape index (κ3) is 9.67. The molecule has 0 aromatic rings. The highest BCUT2D eigenvalue weighted by Gasteiger charge is 2.27. The lowest BCUT2D eigenvalue weighted by molar-refractivity contribution is -0.176. The van der Waals surface area contributed by atoms with Crippen LogP contribution in [0, 0.1) is 0 Å². The normalized spacial score (nSPS) is 12.0. The minimum atomic E-state index is -4.28. The Kier molecular flexibility index (Phi) is 6.04. The highest BCUT2D eigenvalue weighted by Crippen LogP contribution is 2.13. The predicted octanol–water partition coefficient (Wildman–Crippen LogP) is 0.574. The lowest BCUT2D eigenvalue weighted by Crippen LogP contribution is -2.19. The van der Waals surface area contributed by atoms with Crippen molar-refractivity contribution in [3.63, 3.8) is 0 Å². The summed E-state index contributed by atoms with van der Waals surface area (Å²) in [4.78, 5) is 0. The van der Waals surface area contributed by atoms with Gasteiger partial charge in [-0.1, -0.05) is 0 Å². The summed E-state index contributed by atoms with van der Waals surface area (Å²) in [7, 11) is 0. The maximum Gasteiger partial charge on any atom is 0.411 e. The SMILES string of the molecule is OCCOCCOCC(F)(F)F. The van der Waals surface area contributed by atoms with E-state index in [1.54, 1.807) is 0 Å². The van der Waals surface area contributed by atoms with E-state index in [1.165, 1.54) is 0 Å². The van der Waals surface area contributed by atoms with Gasteiger partial charge in [-0.15, -0.1) is 0 Å². The Bertz CT molecular complexity index is 105. The van der Waals surface area contributed by atoms with Gasteiger partial charge in [0.2, 0.25) is 0 Å². The highest BCUT2D eigenvalue weighted by molar-refractivity contribution is 4.44. The number of ether oxygens (including phenoxy) is 2. The number of hydrogen-bond acceptors (Lipinski definition) is 3. The van der Waals surface area contributed by atoms with Gasteiger partial charge in [-0.2, -0.15) is 13.2 Å². The minimum Gasteiger partial charge on any atom is -0.394 e. The first-order valence-electron chi connectivity index (χ1n) is 3.39. The van der Waals surface area contributed by atoms with Crippen molar-refractivity contribution in [1.29, 1.82) is 0 Å². The van der Waals surface area contributed by atoms with E-state index in [0.717, 1.165) is 0 Å². The zero-order valence-electron chi connectivity index (χ0n) is 6.43. The molecule has 12 heavy (non-hydrogen) atoms. The van der Waals surface area contributed by atoms with Crippen molar-refractivity contribution in [2.75, 3.05) is 33.0 Å². The largest absolute Gasteiger partial charge is 0.411 e. The second-order valence-electron chi connectivity index (χ2n) is 2.00. The molecule has 0 rings (SSSR count). The van der Waals surface area contributed by atoms with E-state index < -0.39 is 12.8 Å². The maximum absolute atomic E-state index is 11.4. The van der Waals surface area contributed by atoms with Crippen LogP contribution in [0.15, 0.2) is 0 Å². The monoisotopic (exact) mass is 188 g/mol. The first-order chi connectivity index (χ1) is 5.56. The Labute approximate surface area is 68.1 Å². The molecule has 0 unspecified atom stereocenters. The smallest absolute Gasteiger partial charge is 0.394 e. The molecule has 0 saturated heterocycles. The molecule has 0 atom stereocenters. The van der Waals surface area contributed by atoms with Gasteiger partial charge in [-0.05, 0) is 0 Å². The fraction of sp³-hybridized carbons (Fsp3) is 1.00. The zero-order chi connectivity index (χ0) is 9.45. The molecule has 0 aromatic heterocycles. The molecule has 0 heterocycles. The molecule has 1 N–H and O–H groups in total. The summed E-state index contributed by atoms with van der Waals surface area (Å²) < 4.78 is 43.1. The van der Waals surface area contributed by atoms with Crippen molar-refractivity contribution in [3.05, 3.63) is 0 Å². The van der Waals surface area contributed by atoms with Crippen LogP contribution in [0.2, 0.25) is 0 Å². The number of halogens is 3. The van der Waals surface area contributed by atoms with Gasteiger partial charge < -0.3 is 14.6 Å². The molecule has 0 amide bonds. The topological polar surface area (TPSA) is 38.7 Å². The number of alkyl halides is 3. The van der Waals surface area contributed by atoms with Crippen LogP contribution >= 0.6 is 0 Å². The molecular weight excluding hydrogens is 177 g/mol. The van der Waals surface area contributed by atoms with Crippen molar-refractivity contribution in [2.24, 2.45) is 0 Å². The Morgan fingerprint density at radius 3 is 2.08 bits per heavy atom. The van der Waals surface area contributed by atoms with Crippen LogP contribution in [0.3, 0.4) is 0 Å². The molecule has 0 aliphatic rings. The van der Waals surface area contributed by atoms with Crippen LogP contribution in [0.5, 0.6) is 0 Å². The average molecular weight is 188 g/mol. The third-order valence-corrected chi connectivity index (χ3v) is 0.873. The van der Waals surface area contributed by atoms with Crippen LogP contribution in [-0.2, 0) is 9.47 Å². The van der Waals surface area contributed by atoms with Gasteiger partial charge in [0, 0.05) is 0 Å². The Morgan fingerprint density at radius 1 is 1.00 bits per heavy atom. The van der Waals surface area contributed by atoms with E-state index in [1.807, 2.05) is 0 Å². The summed E-state index contributed by atoms with van der Waals surface area (Å²) in [6.45, 7) is -1.32. The fourth-order valence-corrected chi connectivity index (χ4v) is 0.472. The first-order valence-corrected chi connectivity index (χ1v) is 3.39. The standard InChI is InChI=1S/C6H11F3O3/c7-6(8,9)5-12-4-3-11-2-1-10/h10H,1-5H2. The van der Waals surface area contributed by atoms with Gasteiger partial charge in [0.05, 0.1) is 26.4 Å². The van der Waals surface area contributed by atoms with Crippen LogP contribution in [0.1, 0.15) is 0 Å². The molecule has 0 radical (unpaired) electrons. The van der Waals surface area contributed by atoms with Gasteiger partial charge >= 0.3 is 6.18 Å². The molecule has 3 nitrogen and oxygen atoms in total. The summed E-state index contributed by atoms with van der Waals surface area (Å²) in [5, 5.41) is 8.21. The van der Waals surface area contributed by atoms with Crippen molar-refractivity contribution in [1.82, 2.24) is 0 Å². The summed E-state index contributed by atoms with van der Waals surface area (Å²) in [5.41, 5.74) is 0. The molecular formula is C6H11F3O3. The van der Waals surface area contributed by atoms with Crippen LogP contribution in [0.4, 0.5) is 13.2 Å². The maximum atomic E-state index is 11.4. The summed E-state index contributed by atoms with van der Waals surface area (Å²) in [5.74, 6) is 0. The van der Waals surface area contributed by atoms with E-state index in [0.29, 0.717) is 0 Å². The molecule has 0 spiro atoms. The fourth-order valence-electron chi connectivity index (χ4n) is 0.472. The molecule has 6 heteroatoms. The average Bonchev–Trinajstić information content (AvgIpc) is 1.94. The zero-order valence-corrected chi connectivity index (χ0v) is 6.43. The Balaban J connectivity index is 3.01. The van der Waals surface area contributed by atoms with Crippen LogP contribution < -0.4 is 0 Å². The Hall–Kier alpha value is -0.330. The molecule has 0 aromatic carbocycles. The lowest BCUT2D eigenvalue weighted by atomic mass is 10.7. The first kappa shape index (κ1) is 11.7. The molecule has 0 saturated carbocycles. The molecule has 0 aliphatic carbocycles. The van der Waals surface area contributed by atoms with Crippen LogP contribution in [0.25, 0.3) is 0 Å². The molecule has 0 fully saturated rings. The van der Waals surface area contributed by atoms with Crippen LogP contribution in [-0.4, -0.2) is 44.3 Å². The van der Waals surface area contributed by atoms with E-state index in [9.17, 15) is 13.2 Å². The summed E-state index contributed by atoms with van der Waals surface area (Å²) in [6, 6.07) is 0. The highest BCUT2D eigenvalue weighted by atomic mass is 19.4. The van der Waals surface area contributed by atoms with Crippen molar-refractivity contribution in [2.45, 2.75) is 6.18 Å². The minimum absolute atomic E-state index is 0.0661. The quantitative estimate of drug-likeness (QED) is 0.619.